The molecule has 0 rings (SSSR count). The third-order valence-corrected chi connectivity index (χ3v) is 3.41. The van der Waals surface area contributed by atoms with Crippen LogP contribution >= 0.6 is 0 Å². The first kappa shape index (κ1) is 16.7. The summed E-state index contributed by atoms with van der Waals surface area (Å²) < 4.78 is 0. The molecule has 1 unspecified atom stereocenters. The summed E-state index contributed by atoms with van der Waals surface area (Å²) in [6.07, 6.45) is 0.713. The summed E-state index contributed by atoms with van der Waals surface area (Å²) >= 11 is 0. The molecule has 0 fully saturated rings. The Morgan fingerprint density at radius 1 is 1.28 bits per heavy atom. The van der Waals surface area contributed by atoms with Crippen molar-refractivity contribution in [2.24, 2.45) is 0 Å². The largest absolute Gasteiger partial charge is 0.480 e. The van der Waals surface area contributed by atoms with Crippen molar-refractivity contribution in [1.29, 1.82) is 0 Å². The molecule has 0 aromatic carbocycles. The second-order valence-corrected chi connectivity index (χ2v) is 4.74. The third kappa shape index (κ3) is 4.52. The molecule has 18 heavy (non-hydrogen) atoms. The summed E-state index contributed by atoms with van der Waals surface area (Å²) in [5.41, 5.74) is -1.18. The van der Waals surface area contributed by atoms with Crippen LogP contribution in [0.5, 0.6) is 0 Å². The molecule has 106 valence electrons. The average molecular weight is 259 g/mol. The molecule has 2 amide bonds. The lowest BCUT2D eigenvalue weighted by Crippen LogP contribution is -2.57. The van der Waals surface area contributed by atoms with Crippen LogP contribution in [0.3, 0.4) is 0 Å². The Kier molecular flexibility index (Phi) is 6.68. The van der Waals surface area contributed by atoms with Crippen molar-refractivity contribution in [1.82, 2.24) is 15.5 Å². The molecular formula is C12H25N3O3. The van der Waals surface area contributed by atoms with Crippen LogP contribution in [-0.4, -0.2) is 54.2 Å². The van der Waals surface area contributed by atoms with Gasteiger partial charge in [0.1, 0.15) is 5.54 Å². The van der Waals surface area contributed by atoms with Gasteiger partial charge in [-0.2, -0.15) is 0 Å². The first-order valence-corrected chi connectivity index (χ1v) is 6.24. The van der Waals surface area contributed by atoms with Gasteiger partial charge in [0.05, 0.1) is 0 Å². The quantitative estimate of drug-likeness (QED) is 0.634. The lowest BCUT2D eigenvalue weighted by Gasteiger charge is -2.28. The minimum absolute atomic E-state index is 0.193. The molecular weight excluding hydrogens is 234 g/mol. The number of amides is 2. The Hall–Kier alpha value is -1.30. The van der Waals surface area contributed by atoms with Gasteiger partial charge < -0.3 is 20.6 Å². The van der Waals surface area contributed by atoms with E-state index in [2.05, 4.69) is 10.6 Å². The number of nitrogens with one attached hydrogen (secondary N) is 2. The van der Waals surface area contributed by atoms with E-state index >= 15 is 0 Å². The van der Waals surface area contributed by atoms with Crippen LogP contribution in [0.15, 0.2) is 0 Å². The first-order chi connectivity index (χ1) is 8.29. The van der Waals surface area contributed by atoms with Crippen molar-refractivity contribution in [3.63, 3.8) is 0 Å². The molecule has 0 spiro atoms. The van der Waals surface area contributed by atoms with Gasteiger partial charge in [-0.1, -0.05) is 13.8 Å². The van der Waals surface area contributed by atoms with E-state index < -0.39 is 17.5 Å². The zero-order valence-electron chi connectivity index (χ0n) is 11.9. The highest BCUT2D eigenvalue weighted by atomic mass is 16.4. The van der Waals surface area contributed by atoms with E-state index in [-0.39, 0.29) is 6.04 Å². The fraction of sp³-hybridized carbons (Fsp3) is 0.833. The summed E-state index contributed by atoms with van der Waals surface area (Å²) in [7, 11) is 3.84. The molecule has 0 bridgehead atoms. The van der Waals surface area contributed by atoms with Crippen LogP contribution in [0.1, 0.15) is 33.6 Å². The fourth-order valence-corrected chi connectivity index (χ4v) is 1.47. The highest BCUT2D eigenvalue weighted by molar-refractivity contribution is 5.86. The summed E-state index contributed by atoms with van der Waals surface area (Å²) in [5.74, 6) is -0.997. The van der Waals surface area contributed by atoms with Crippen molar-refractivity contribution in [2.45, 2.75) is 45.2 Å². The van der Waals surface area contributed by atoms with Gasteiger partial charge in [-0.05, 0) is 33.9 Å². The highest BCUT2D eigenvalue weighted by Crippen LogP contribution is 2.15. The van der Waals surface area contributed by atoms with E-state index in [1.165, 1.54) is 0 Å². The van der Waals surface area contributed by atoms with Crippen LogP contribution in [0.2, 0.25) is 0 Å². The van der Waals surface area contributed by atoms with E-state index in [4.69, 9.17) is 0 Å². The smallest absolute Gasteiger partial charge is 0.329 e. The van der Waals surface area contributed by atoms with Crippen LogP contribution < -0.4 is 10.6 Å². The van der Waals surface area contributed by atoms with E-state index in [1.54, 1.807) is 13.8 Å². The second-order valence-electron chi connectivity index (χ2n) is 4.74. The zero-order valence-corrected chi connectivity index (χ0v) is 11.9. The number of likely N-dealkylation sites (N-methyl/N-ethyl adjacent to an activating group) is 1. The van der Waals surface area contributed by atoms with E-state index in [0.717, 1.165) is 0 Å². The predicted octanol–water partition coefficient (Wildman–Crippen LogP) is 0.879. The zero-order chi connectivity index (χ0) is 14.3. The van der Waals surface area contributed by atoms with E-state index in [9.17, 15) is 14.7 Å². The van der Waals surface area contributed by atoms with E-state index in [0.29, 0.717) is 19.4 Å². The Morgan fingerprint density at radius 2 is 1.78 bits per heavy atom. The van der Waals surface area contributed by atoms with Crippen LogP contribution in [0.4, 0.5) is 4.79 Å². The molecule has 0 saturated heterocycles. The predicted molar refractivity (Wildman–Crippen MR) is 70.6 cm³/mol. The molecule has 0 aromatic heterocycles. The summed E-state index contributed by atoms with van der Waals surface area (Å²) in [6, 6.07) is -0.243. The number of aliphatic carboxylic acids is 1. The van der Waals surface area contributed by atoms with E-state index in [1.807, 2.05) is 25.9 Å². The Labute approximate surface area is 109 Å². The minimum atomic E-state index is -1.18. The lowest BCUT2D eigenvalue weighted by molar-refractivity contribution is -0.144. The normalized spacial score (nSPS) is 13.2. The molecule has 0 saturated carbocycles. The summed E-state index contributed by atoms with van der Waals surface area (Å²) in [6.45, 7) is 5.95. The Balaban J connectivity index is 4.41. The number of carbonyl (C=O) groups excluding carboxylic acids is 1. The molecule has 0 aliphatic heterocycles. The van der Waals surface area contributed by atoms with Gasteiger partial charge in [-0.25, -0.2) is 9.59 Å². The maximum Gasteiger partial charge on any atom is 0.329 e. The van der Waals surface area contributed by atoms with Gasteiger partial charge in [-0.15, -0.1) is 0 Å². The molecule has 0 aromatic rings. The molecule has 0 aliphatic rings. The lowest BCUT2D eigenvalue weighted by atomic mass is 9.93. The Morgan fingerprint density at radius 3 is 2.11 bits per heavy atom. The van der Waals surface area contributed by atoms with Gasteiger partial charge in [0.15, 0.2) is 0 Å². The molecule has 6 heteroatoms. The molecule has 0 aliphatic carbocycles. The molecule has 0 heterocycles. The monoisotopic (exact) mass is 259 g/mol. The van der Waals surface area contributed by atoms with Gasteiger partial charge in [0, 0.05) is 12.6 Å². The minimum Gasteiger partial charge on any atom is -0.480 e. The molecule has 3 N–H and O–H groups in total. The van der Waals surface area contributed by atoms with Gasteiger partial charge in [-0.3, -0.25) is 0 Å². The summed E-state index contributed by atoms with van der Waals surface area (Å²) in [4.78, 5) is 24.9. The van der Waals surface area contributed by atoms with Crippen molar-refractivity contribution in [2.75, 3.05) is 20.6 Å². The number of rotatable bonds is 7. The number of carbonyl (C=O) groups is 2. The van der Waals surface area contributed by atoms with Crippen molar-refractivity contribution in [3.05, 3.63) is 0 Å². The maximum atomic E-state index is 11.7. The molecule has 6 nitrogen and oxygen atoms in total. The number of hydrogen-bond donors (Lipinski definition) is 3. The number of nitrogens with zero attached hydrogens (tertiary/aromatic N) is 1. The number of carboxylic acid groups (broad SMARTS) is 1. The maximum absolute atomic E-state index is 11.7. The Bertz CT molecular complexity index is 288. The van der Waals surface area contributed by atoms with Crippen molar-refractivity contribution in [3.8, 4) is 0 Å². The van der Waals surface area contributed by atoms with Gasteiger partial charge in [0.2, 0.25) is 0 Å². The average Bonchev–Trinajstić information content (AvgIpc) is 2.32. The standard InChI is InChI=1S/C12H25N3O3/c1-6-12(7-2,10(16)17)14-11(18)13-8-9(3)15(4)5/h9H,6-8H2,1-5H3,(H,16,17)(H2,13,14,18). The summed E-state index contributed by atoms with van der Waals surface area (Å²) in [5, 5.41) is 14.4. The fourth-order valence-electron chi connectivity index (χ4n) is 1.47. The van der Waals surface area contributed by atoms with Crippen molar-refractivity contribution >= 4 is 12.0 Å². The third-order valence-electron chi connectivity index (χ3n) is 3.41. The number of urea groups is 1. The van der Waals surface area contributed by atoms with Crippen LogP contribution in [0, 0.1) is 0 Å². The van der Waals surface area contributed by atoms with Crippen LogP contribution in [-0.2, 0) is 4.79 Å². The SMILES string of the molecule is CCC(CC)(NC(=O)NCC(C)N(C)C)C(=O)O. The number of carboxylic acids is 1. The molecule has 1 atom stereocenters. The van der Waals surface area contributed by atoms with Gasteiger partial charge >= 0.3 is 12.0 Å². The van der Waals surface area contributed by atoms with Crippen molar-refractivity contribution < 1.29 is 14.7 Å². The second kappa shape index (κ2) is 7.20. The highest BCUT2D eigenvalue weighted by Gasteiger charge is 2.36. The first-order valence-electron chi connectivity index (χ1n) is 6.24. The number of hydrogen-bond acceptors (Lipinski definition) is 3. The topological polar surface area (TPSA) is 81.7 Å². The molecule has 0 radical (unpaired) electrons. The van der Waals surface area contributed by atoms with Gasteiger partial charge in [0.25, 0.3) is 0 Å². The van der Waals surface area contributed by atoms with Crippen LogP contribution in [0.25, 0.3) is 0 Å².